The maximum atomic E-state index is 11.2. The van der Waals surface area contributed by atoms with Crippen molar-refractivity contribution < 1.29 is 9.53 Å². The van der Waals surface area contributed by atoms with Crippen LogP contribution in [0.2, 0.25) is 0 Å². The second-order valence-corrected chi connectivity index (χ2v) is 3.73. The van der Waals surface area contributed by atoms with Crippen LogP contribution in [0.25, 0.3) is 0 Å². The van der Waals surface area contributed by atoms with Crippen molar-refractivity contribution >= 4 is 24.2 Å². The molecule has 0 unspecified atom stereocenters. The summed E-state index contributed by atoms with van der Waals surface area (Å²) in [6, 6.07) is 1.84. The fourth-order valence-electron chi connectivity index (χ4n) is 1.49. The van der Waals surface area contributed by atoms with E-state index >= 15 is 0 Å². The van der Waals surface area contributed by atoms with E-state index in [4.69, 9.17) is 10.5 Å². The number of nitrogens with two attached hydrogens (primary N) is 1. The molecule has 0 spiro atoms. The highest BCUT2D eigenvalue weighted by Crippen LogP contribution is 2.39. The summed E-state index contributed by atoms with van der Waals surface area (Å²) in [7, 11) is 0. The molecule has 90 valence electrons. The maximum absolute atomic E-state index is 11.2. The second-order valence-electron chi connectivity index (χ2n) is 3.73. The lowest BCUT2D eigenvalue weighted by molar-refractivity contribution is -0.144. The van der Waals surface area contributed by atoms with Gasteiger partial charge in [0.2, 0.25) is 0 Å². The molecule has 5 nitrogen and oxygen atoms in total. The highest BCUT2D eigenvalue weighted by Gasteiger charge is 2.27. The first-order valence-corrected chi connectivity index (χ1v) is 5.19. The van der Waals surface area contributed by atoms with Crippen LogP contribution in [0.1, 0.15) is 31.4 Å². The normalized spacial score (nSPS) is 14.3. The molecule has 0 bridgehead atoms. The summed E-state index contributed by atoms with van der Waals surface area (Å²) >= 11 is 0. The van der Waals surface area contributed by atoms with Crippen LogP contribution in [-0.4, -0.2) is 22.4 Å². The molecule has 16 heavy (non-hydrogen) atoms. The van der Waals surface area contributed by atoms with Gasteiger partial charge in [-0.25, -0.2) is 4.68 Å². The molecular weight excluding hydrogens is 230 g/mol. The van der Waals surface area contributed by atoms with E-state index in [0.29, 0.717) is 18.3 Å². The summed E-state index contributed by atoms with van der Waals surface area (Å²) in [5, 5.41) is 4.28. The zero-order chi connectivity index (χ0) is 10.8. The molecule has 0 atom stereocenters. The van der Waals surface area contributed by atoms with Gasteiger partial charge < -0.3 is 10.5 Å². The maximum Gasteiger partial charge on any atom is 0.327 e. The number of ether oxygens (including phenoxy) is 1. The third-order valence-electron chi connectivity index (χ3n) is 2.41. The van der Waals surface area contributed by atoms with Crippen LogP contribution in [0.5, 0.6) is 0 Å². The Hall–Kier alpha value is -1.23. The van der Waals surface area contributed by atoms with Gasteiger partial charge in [0.1, 0.15) is 12.4 Å². The van der Waals surface area contributed by atoms with Crippen molar-refractivity contribution in [2.45, 2.75) is 32.2 Å². The standard InChI is InChI=1S/C10H15N3O2.ClH/c1-2-15-10(14)6-13-9(11)5-8(12-13)7-3-4-7;/h5,7H,2-4,6,11H2,1H3;1H. The Morgan fingerprint density at radius 1 is 1.69 bits per heavy atom. The Morgan fingerprint density at radius 2 is 2.38 bits per heavy atom. The van der Waals surface area contributed by atoms with Crippen molar-refractivity contribution in [1.82, 2.24) is 9.78 Å². The van der Waals surface area contributed by atoms with E-state index in [2.05, 4.69) is 5.10 Å². The Kier molecular flexibility index (Phi) is 4.18. The van der Waals surface area contributed by atoms with Gasteiger partial charge in [0.25, 0.3) is 0 Å². The van der Waals surface area contributed by atoms with Gasteiger partial charge in [-0.15, -0.1) is 12.4 Å². The van der Waals surface area contributed by atoms with Crippen molar-refractivity contribution in [2.75, 3.05) is 12.3 Å². The minimum absolute atomic E-state index is 0. The number of nitrogens with zero attached hydrogens (tertiary/aromatic N) is 2. The van der Waals surface area contributed by atoms with Crippen molar-refractivity contribution in [3.8, 4) is 0 Å². The molecule has 0 saturated heterocycles. The first-order valence-electron chi connectivity index (χ1n) is 5.19. The molecular formula is C10H16ClN3O2. The first-order chi connectivity index (χ1) is 7.20. The molecule has 2 N–H and O–H groups in total. The Balaban J connectivity index is 0.00000128. The van der Waals surface area contributed by atoms with Crippen LogP contribution in [0.15, 0.2) is 6.07 Å². The Morgan fingerprint density at radius 3 is 2.94 bits per heavy atom. The van der Waals surface area contributed by atoms with Gasteiger partial charge in [0, 0.05) is 12.0 Å². The number of anilines is 1. The number of nitrogen functional groups attached to an aromatic ring is 1. The second kappa shape index (κ2) is 5.21. The van der Waals surface area contributed by atoms with Gasteiger partial charge in [-0.05, 0) is 19.8 Å². The largest absolute Gasteiger partial charge is 0.465 e. The van der Waals surface area contributed by atoms with Crippen LogP contribution in [0, 0.1) is 0 Å². The van der Waals surface area contributed by atoms with Gasteiger partial charge >= 0.3 is 5.97 Å². The van der Waals surface area contributed by atoms with E-state index < -0.39 is 0 Å². The van der Waals surface area contributed by atoms with E-state index in [-0.39, 0.29) is 24.9 Å². The van der Waals surface area contributed by atoms with Crippen molar-refractivity contribution in [2.24, 2.45) is 0 Å². The minimum atomic E-state index is -0.297. The molecule has 1 aliphatic carbocycles. The topological polar surface area (TPSA) is 70.1 Å². The van der Waals surface area contributed by atoms with E-state index in [1.54, 1.807) is 6.92 Å². The molecule has 1 aromatic rings. The van der Waals surface area contributed by atoms with Crippen LogP contribution in [0.3, 0.4) is 0 Å². The van der Waals surface area contributed by atoms with Crippen molar-refractivity contribution in [3.63, 3.8) is 0 Å². The average molecular weight is 246 g/mol. The van der Waals surface area contributed by atoms with Crippen LogP contribution in [0.4, 0.5) is 5.82 Å². The zero-order valence-corrected chi connectivity index (χ0v) is 10.00. The predicted molar refractivity (Wildman–Crippen MR) is 62.5 cm³/mol. The SMILES string of the molecule is CCOC(=O)Cn1nc(C2CC2)cc1N.Cl. The van der Waals surface area contributed by atoms with E-state index in [1.165, 1.54) is 17.5 Å². The van der Waals surface area contributed by atoms with Gasteiger partial charge in [0.05, 0.1) is 12.3 Å². The van der Waals surface area contributed by atoms with Gasteiger partial charge in [-0.1, -0.05) is 0 Å². The highest BCUT2D eigenvalue weighted by molar-refractivity contribution is 5.85. The molecule has 1 aliphatic rings. The third kappa shape index (κ3) is 2.88. The number of hydrogen-bond acceptors (Lipinski definition) is 4. The average Bonchev–Trinajstić information content (AvgIpc) is 2.94. The highest BCUT2D eigenvalue weighted by atomic mass is 35.5. The molecule has 1 heterocycles. The summed E-state index contributed by atoms with van der Waals surface area (Å²) in [5.41, 5.74) is 6.74. The minimum Gasteiger partial charge on any atom is -0.465 e. The lowest BCUT2D eigenvalue weighted by Crippen LogP contribution is -2.16. The van der Waals surface area contributed by atoms with Crippen molar-refractivity contribution in [3.05, 3.63) is 11.8 Å². The molecule has 0 aromatic carbocycles. The number of carbonyl (C=O) groups is 1. The molecule has 2 rings (SSSR count). The van der Waals surface area contributed by atoms with Crippen molar-refractivity contribution in [1.29, 1.82) is 0 Å². The number of halogens is 1. The summed E-state index contributed by atoms with van der Waals surface area (Å²) < 4.78 is 6.34. The van der Waals surface area contributed by atoms with E-state index in [0.717, 1.165) is 5.69 Å². The quantitative estimate of drug-likeness (QED) is 0.813. The summed E-state index contributed by atoms with van der Waals surface area (Å²) in [4.78, 5) is 11.2. The monoisotopic (exact) mass is 245 g/mol. The van der Waals surface area contributed by atoms with Gasteiger partial charge in [0.15, 0.2) is 0 Å². The summed E-state index contributed by atoms with van der Waals surface area (Å²) in [5.74, 6) is 0.787. The lowest BCUT2D eigenvalue weighted by atomic mass is 10.3. The van der Waals surface area contributed by atoms with E-state index in [1.807, 2.05) is 6.07 Å². The molecule has 0 aliphatic heterocycles. The van der Waals surface area contributed by atoms with Gasteiger partial charge in [-0.2, -0.15) is 5.10 Å². The third-order valence-corrected chi connectivity index (χ3v) is 2.41. The van der Waals surface area contributed by atoms with Gasteiger partial charge in [-0.3, -0.25) is 4.79 Å². The zero-order valence-electron chi connectivity index (χ0n) is 9.18. The number of aromatic nitrogens is 2. The summed E-state index contributed by atoms with van der Waals surface area (Å²) in [6.45, 7) is 2.27. The van der Waals surface area contributed by atoms with Crippen LogP contribution >= 0.6 is 12.4 Å². The Bertz CT molecular complexity index is 374. The number of esters is 1. The predicted octanol–water partition coefficient (Wildman–Crippen LogP) is 1.33. The molecule has 1 fully saturated rings. The molecule has 1 saturated carbocycles. The summed E-state index contributed by atoms with van der Waals surface area (Å²) in [6.07, 6.45) is 2.35. The van der Waals surface area contributed by atoms with Crippen LogP contribution < -0.4 is 5.73 Å². The lowest BCUT2D eigenvalue weighted by Gasteiger charge is -2.03. The molecule has 0 radical (unpaired) electrons. The fourth-order valence-corrected chi connectivity index (χ4v) is 1.49. The number of hydrogen-bond donors (Lipinski definition) is 1. The first kappa shape index (κ1) is 12.8. The van der Waals surface area contributed by atoms with E-state index in [9.17, 15) is 4.79 Å². The molecule has 1 aromatic heterocycles. The number of rotatable bonds is 4. The Labute approximate surface area is 100 Å². The molecule has 0 amide bonds. The smallest absolute Gasteiger partial charge is 0.327 e. The van der Waals surface area contributed by atoms with Crippen LogP contribution in [-0.2, 0) is 16.1 Å². The molecule has 6 heteroatoms. The fraction of sp³-hybridized carbons (Fsp3) is 0.600. The number of carbonyl (C=O) groups excluding carboxylic acids is 1.